The molecule has 0 radical (unpaired) electrons. The Morgan fingerprint density at radius 1 is 0.706 bits per heavy atom. The van der Waals surface area contributed by atoms with Crippen molar-refractivity contribution in [1.82, 2.24) is 0 Å². The lowest BCUT2D eigenvalue weighted by Gasteiger charge is -1.93. The summed E-state index contributed by atoms with van der Waals surface area (Å²) in [6.07, 6.45) is 22.8. The van der Waals surface area contributed by atoms with Crippen molar-refractivity contribution in [1.29, 1.82) is 0 Å². The molecule has 1 nitrogen and oxygen atoms in total. The van der Waals surface area contributed by atoms with Gasteiger partial charge in [-0.1, -0.05) is 49.8 Å². The summed E-state index contributed by atoms with van der Waals surface area (Å²) < 4.78 is 0. The Morgan fingerprint density at radius 2 is 1.29 bits per heavy atom. The van der Waals surface area contributed by atoms with Crippen LogP contribution in [-0.4, -0.2) is 6.29 Å². The Kier molecular flexibility index (Phi) is 13.9. The molecule has 0 amide bonds. The number of unbranched alkanes of at least 4 members (excludes halogenated alkanes) is 4. The minimum atomic E-state index is 0.720. The van der Waals surface area contributed by atoms with Gasteiger partial charge in [-0.3, -0.25) is 0 Å². The normalized spacial score (nSPS) is 12.1. The number of hydrogen-bond donors (Lipinski definition) is 0. The molecule has 17 heavy (non-hydrogen) atoms. The van der Waals surface area contributed by atoms with Crippen molar-refractivity contribution in [3.8, 4) is 0 Å². The smallest absolute Gasteiger partial charge is 0.119 e. The van der Waals surface area contributed by atoms with Crippen molar-refractivity contribution in [2.45, 2.75) is 58.3 Å². The maximum absolute atomic E-state index is 10.1. The van der Waals surface area contributed by atoms with E-state index in [0.29, 0.717) is 0 Å². The molecular weight excluding hydrogens is 208 g/mol. The third kappa shape index (κ3) is 14.9. The van der Waals surface area contributed by atoms with E-state index in [4.69, 9.17) is 0 Å². The Labute approximate surface area is 106 Å². The highest BCUT2D eigenvalue weighted by Gasteiger charge is 1.85. The topological polar surface area (TPSA) is 17.1 Å². The van der Waals surface area contributed by atoms with Crippen LogP contribution in [0.25, 0.3) is 0 Å². The monoisotopic (exact) mass is 234 g/mol. The van der Waals surface area contributed by atoms with Crippen LogP contribution in [0.2, 0.25) is 0 Å². The Morgan fingerprint density at radius 3 is 1.94 bits per heavy atom. The van der Waals surface area contributed by atoms with E-state index in [1.54, 1.807) is 0 Å². The van der Waals surface area contributed by atoms with Crippen LogP contribution < -0.4 is 0 Å². The van der Waals surface area contributed by atoms with Crippen LogP contribution in [0.15, 0.2) is 36.5 Å². The molecule has 0 bridgehead atoms. The summed E-state index contributed by atoms with van der Waals surface area (Å²) in [6.45, 7) is 2.15. The zero-order valence-corrected chi connectivity index (χ0v) is 11.1. The SMILES string of the molecule is CC/C=C\C/C=C\C/C=C\CCCCCC=O. The fourth-order valence-electron chi connectivity index (χ4n) is 1.49. The molecule has 0 aliphatic carbocycles. The summed E-state index contributed by atoms with van der Waals surface area (Å²) in [5, 5.41) is 0. The van der Waals surface area contributed by atoms with E-state index in [9.17, 15) is 4.79 Å². The summed E-state index contributed by atoms with van der Waals surface area (Å²) in [6, 6.07) is 0. The van der Waals surface area contributed by atoms with Crippen LogP contribution in [-0.2, 0) is 4.79 Å². The molecule has 0 fully saturated rings. The third-order valence-electron chi connectivity index (χ3n) is 2.47. The maximum Gasteiger partial charge on any atom is 0.119 e. The third-order valence-corrected chi connectivity index (χ3v) is 2.47. The fourth-order valence-corrected chi connectivity index (χ4v) is 1.49. The summed E-state index contributed by atoms with van der Waals surface area (Å²) in [5.41, 5.74) is 0. The van der Waals surface area contributed by atoms with E-state index in [1.807, 2.05) is 0 Å². The van der Waals surface area contributed by atoms with Gasteiger partial charge in [-0.2, -0.15) is 0 Å². The van der Waals surface area contributed by atoms with Crippen LogP contribution in [0.1, 0.15) is 58.3 Å². The summed E-state index contributed by atoms with van der Waals surface area (Å²) in [4.78, 5) is 10.1. The lowest BCUT2D eigenvalue weighted by molar-refractivity contribution is -0.107. The van der Waals surface area contributed by atoms with E-state index in [2.05, 4.69) is 43.4 Å². The first-order valence-electron chi connectivity index (χ1n) is 6.80. The zero-order valence-electron chi connectivity index (χ0n) is 11.1. The van der Waals surface area contributed by atoms with Crippen molar-refractivity contribution < 1.29 is 4.79 Å². The van der Waals surface area contributed by atoms with Crippen molar-refractivity contribution in [2.75, 3.05) is 0 Å². The van der Waals surface area contributed by atoms with Crippen molar-refractivity contribution in [3.05, 3.63) is 36.5 Å². The van der Waals surface area contributed by atoms with Gasteiger partial charge in [0, 0.05) is 6.42 Å². The lowest BCUT2D eigenvalue weighted by atomic mass is 10.1. The molecule has 0 saturated heterocycles. The molecule has 0 N–H and O–H groups in total. The first-order valence-corrected chi connectivity index (χ1v) is 6.80. The average Bonchev–Trinajstić information content (AvgIpc) is 2.35. The van der Waals surface area contributed by atoms with E-state index in [0.717, 1.165) is 44.8 Å². The highest BCUT2D eigenvalue weighted by atomic mass is 16.1. The molecule has 0 aromatic carbocycles. The quantitative estimate of drug-likeness (QED) is 0.279. The van der Waals surface area contributed by atoms with Crippen molar-refractivity contribution in [2.24, 2.45) is 0 Å². The second-order valence-corrected chi connectivity index (χ2v) is 4.10. The van der Waals surface area contributed by atoms with Crippen LogP contribution in [0, 0.1) is 0 Å². The van der Waals surface area contributed by atoms with Gasteiger partial charge >= 0.3 is 0 Å². The molecule has 0 spiro atoms. The standard InChI is InChI=1S/C16H26O/c1-2-3-4-5-6-7-8-9-10-11-12-13-14-15-16-17/h3-4,6-7,9-10,16H,2,5,8,11-15H2,1H3/b4-3-,7-6-,10-9-. The zero-order chi connectivity index (χ0) is 12.6. The molecule has 0 saturated carbocycles. The molecule has 0 aliphatic rings. The molecule has 0 aromatic heterocycles. The Hall–Kier alpha value is -1.11. The second-order valence-electron chi connectivity index (χ2n) is 4.10. The minimum absolute atomic E-state index is 0.720. The van der Waals surface area contributed by atoms with Gasteiger partial charge in [-0.25, -0.2) is 0 Å². The number of hydrogen-bond acceptors (Lipinski definition) is 1. The van der Waals surface area contributed by atoms with Gasteiger partial charge in [0.1, 0.15) is 6.29 Å². The first-order chi connectivity index (χ1) is 8.41. The predicted octanol–water partition coefficient (Wildman–Crippen LogP) is 4.99. The summed E-state index contributed by atoms with van der Waals surface area (Å²) >= 11 is 0. The largest absolute Gasteiger partial charge is 0.303 e. The average molecular weight is 234 g/mol. The molecule has 0 aliphatic heterocycles. The van der Waals surface area contributed by atoms with Gasteiger partial charge in [0.25, 0.3) is 0 Å². The molecular formula is C16H26O. The van der Waals surface area contributed by atoms with E-state index < -0.39 is 0 Å². The fraction of sp³-hybridized carbons (Fsp3) is 0.562. The molecule has 1 heteroatoms. The van der Waals surface area contributed by atoms with E-state index in [-0.39, 0.29) is 0 Å². The van der Waals surface area contributed by atoms with Gasteiger partial charge in [-0.15, -0.1) is 0 Å². The highest BCUT2D eigenvalue weighted by molar-refractivity contribution is 5.48. The number of aldehydes is 1. The number of carbonyl (C=O) groups excluding carboxylic acids is 1. The van der Waals surface area contributed by atoms with Crippen molar-refractivity contribution >= 4 is 6.29 Å². The van der Waals surface area contributed by atoms with Crippen LogP contribution in [0.3, 0.4) is 0 Å². The van der Waals surface area contributed by atoms with Crippen LogP contribution in [0.4, 0.5) is 0 Å². The van der Waals surface area contributed by atoms with Gasteiger partial charge in [-0.05, 0) is 38.5 Å². The molecule has 0 aromatic rings. The lowest BCUT2D eigenvalue weighted by Crippen LogP contribution is -1.77. The highest BCUT2D eigenvalue weighted by Crippen LogP contribution is 2.03. The number of rotatable bonds is 11. The first kappa shape index (κ1) is 15.9. The molecule has 96 valence electrons. The van der Waals surface area contributed by atoms with Crippen LogP contribution in [0.5, 0.6) is 0 Å². The number of carbonyl (C=O) groups is 1. The summed E-state index contributed by atoms with van der Waals surface area (Å²) in [5.74, 6) is 0. The molecule has 0 atom stereocenters. The number of allylic oxidation sites excluding steroid dienone is 6. The molecule has 0 rings (SSSR count). The maximum atomic E-state index is 10.1. The predicted molar refractivity (Wildman–Crippen MR) is 76.1 cm³/mol. The second kappa shape index (κ2) is 14.9. The van der Waals surface area contributed by atoms with E-state index >= 15 is 0 Å². The summed E-state index contributed by atoms with van der Waals surface area (Å²) in [7, 11) is 0. The molecule has 0 heterocycles. The Bertz CT molecular complexity index is 236. The van der Waals surface area contributed by atoms with Gasteiger partial charge in [0.15, 0.2) is 0 Å². The van der Waals surface area contributed by atoms with Crippen molar-refractivity contribution in [3.63, 3.8) is 0 Å². The van der Waals surface area contributed by atoms with Gasteiger partial charge < -0.3 is 4.79 Å². The van der Waals surface area contributed by atoms with Gasteiger partial charge in [0.05, 0.1) is 0 Å². The Balaban J connectivity index is 3.24. The van der Waals surface area contributed by atoms with Gasteiger partial charge in [0.2, 0.25) is 0 Å². The minimum Gasteiger partial charge on any atom is -0.303 e. The van der Waals surface area contributed by atoms with Crippen LogP contribution >= 0.6 is 0 Å². The van der Waals surface area contributed by atoms with E-state index in [1.165, 1.54) is 12.8 Å². The molecule has 0 unspecified atom stereocenters.